The van der Waals surface area contributed by atoms with Crippen molar-refractivity contribution in [3.63, 3.8) is 0 Å². The predicted molar refractivity (Wildman–Crippen MR) is 219 cm³/mol. The molecule has 1 unspecified atom stereocenters. The standard InChI is InChI=1S/C44H52N2O13/c1-19-12-11-13-20(2)43(53)46-34-38(51)31-30(33-41(34)58-29-18-26(54-9)14-15-27(29)45-33)32-40(24(6)37(31)50)59-44(8,42(32)52)56-17-16-28(55-10)21(3)39(57-25(7)47)23(5)36(49)22(4)35(19)48/h11-19,21-23,28,35-36,39,42,48-49,51-52H,1-10H3,(H,46,53)/b12-11+,17-16+,20-13-/t19-,21+,22+,23+,28-,35-,36+,39+,42?,44-/m0/s1. The molecule has 1 aromatic heterocycles. The fraction of sp³-hybridized carbons (Fsp3) is 0.455. The van der Waals surface area contributed by atoms with Crippen LogP contribution >= 0.6 is 0 Å². The summed E-state index contributed by atoms with van der Waals surface area (Å²) in [5.41, 5.74) is -0.0521. The minimum absolute atomic E-state index is 0.0102. The maximum atomic E-state index is 14.2. The first-order chi connectivity index (χ1) is 27.8. The SMILES string of the molecule is COc1ccc2nc3c(oc2c1)c1c(O)c2c(=O)c(C)c4c(c23)C(O)[C@@](C)(O/C=C/[C@H](OC)[C@@H](C)[C@@H](OC(C)=O)[C@H](C)[C@H](O)[C@H](C)[C@@H](O)[C@@H](C)/C=C/C=C(/C)C(=O)N1)O4. The summed E-state index contributed by atoms with van der Waals surface area (Å²) in [4.78, 5) is 45.2. The molecule has 2 aliphatic heterocycles. The summed E-state index contributed by atoms with van der Waals surface area (Å²) < 4.78 is 35.7. The predicted octanol–water partition coefficient (Wildman–Crippen LogP) is 5.86. The van der Waals surface area contributed by atoms with E-state index in [1.165, 1.54) is 54.3 Å². The van der Waals surface area contributed by atoms with Gasteiger partial charge in [0.05, 0.1) is 37.1 Å². The van der Waals surface area contributed by atoms with Gasteiger partial charge in [0.15, 0.2) is 28.4 Å². The van der Waals surface area contributed by atoms with Crippen molar-refractivity contribution >= 4 is 50.5 Å². The van der Waals surface area contributed by atoms with Gasteiger partial charge < -0.3 is 53.8 Å². The molecule has 1 amide bonds. The monoisotopic (exact) mass is 816 g/mol. The van der Waals surface area contributed by atoms with E-state index in [-0.39, 0.29) is 55.6 Å². The molecule has 0 fully saturated rings. The smallest absolute Gasteiger partial charge is 0.302 e. The van der Waals surface area contributed by atoms with Gasteiger partial charge in [-0.3, -0.25) is 14.4 Å². The number of hydrogen-bond acceptors (Lipinski definition) is 14. The number of allylic oxidation sites excluding steroid dienone is 2. The Kier molecular flexibility index (Phi) is 12.2. The Morgan fingerprint density at radius 2 is 1.68 bits per heavy atom. The van der Waals surface area contributed by atoms with Crippen molar-refractivity contribution in [2.45, 2.75) is 91.7 Å². The number of methoxy groups -OCH3 is 2. The van der Waals surface area contributed by atoms with Crippen molar-refractivity contribution in [2.75, 3.05) is 19.5 Å². The van der Waals surface area contributed by atoms with Gasteiger partial charge in [0.25, 0.3) is 11.7 Å². The molecular formula is C44H52N2O13. The van der Waals surface area contributed by atoms with E-state index in [0.717, 1.165) is 0 Å². The van der Waals surface area contributed by atoms with Crippen LogP contribution in [0.3, 0.4) is 0 Å². The molecule has 0 spiro atoms. The van der Waals surface area contributed by atoms with Crippen LogP contribution in [0.25, 0.3) is 33.0 Å². The molecule has 3 aromatic carbocycles. The van der Waals surface area contributed by atoms with Crippen molar-refractivity contribution in [2.24, 2.45) is 23.7 Å². The molecule has 0 aliphatic carbocycles. The Labute approximate surface area is 340 Å². The van der Waals surface area contributed by atoms with Gasteiger partial charge in [-0.05, 0) is 32.1 Å². The molecule has 3 heterocycles. The zero-order chi connectivity index (χ0) is 43.2. The van der Waals surface area contributed by atoms with E-state index in [4.69, 9.17) is 33.1 Å². The van der Waals surface area contributed by atoms with Crippen LogP contribution in [0.1, 0.15) is 65.7 Å². The first-order valence-corrected chi connectivity index (χ1v) is 19.4. The van der Waals surface area contributed by atoms with Crippen molar-refractivity contribution < 1.29 is 58.1 Å². The second-order valence-corrected chi connectivity index (χ2v) is 15.7. The molecule has 15 nitrogen and oxygen atoms in total. The number of esters is 1. The molecule has 10 atom stereocenters. The number of aliphatic hydroxyl groups excluding tert-OH is 3. The van der Waals surface area contributed by atoms with Gasteiger partial charge in [0, 0.05) is 72.8 Å². The van der Waals surface area contributed by atoms with Crippen LogP contribution < -0.4 is 20.2 Å². The molecule has 6 rings (SSSR count). The van der Waals surface area contributed by atoms with Crippen LogP contribution in [-0.2, 0) is 23.8 Å². The highest BCUT2D eigenvalue weighted by Crippen LogP contribution is 2.52. The maximum absolute atomic E-state index is 14.2. The van der Waals surface area contributed by atoms with Gasteiger partial charge in [-0.25, -0.2) is 4.98 Å². The highest BCUT2D eigenvalue weighted by Gasteiger charge is 2.49. The molecule has 5 bridgehead atoms. The number of amides is 1. The van der Waals surface area contributed by atoms with E-state index in [2.05, 4.69) is 5.32 Å². The third-order valence-corrected chi connectivity index (χ3v) is 11.7. The lowest BCUT2D eigenvalue weighted by Crippen LogP contribution is -2.46. The molecule has 0 saturated carbocycles. The quantitative estimate of drug-likeness (QED) is 0.0709. The van der Waals surface area contributed by atoms with E-state index in [0.29, 0.717) is 11.3 Å². The Hall–Kier alpha value is -5.48. The molecule has 0 saturated heterocycles. The summed E-state index contributed by atoms with van der Waals surface area (Å²) in [6, 6.07) is 4.89. The Morgan fingerprint density at radius 1 is 0.966 bits per heavy atom. The third kappa shape index (κ3) is 7.75. The molecule has 15 heteroatoms. The van der Waals surface area contributed by atoms with Crippen molar-refractivity contribution in [1.29, 1.82) is 0 Å². The first-order valence-electron chi connectivity index (χ1n) is 19.4. The van der Waals surface area contributed by atoms with Crippen molar-refractivity contribution in [1.82, 2.24) is 4.98 Å². The van der Waals surface area contributed by atoms with Crippen LogP contribution in [-0.4, -0.2) is 81.7 Å². The van der Waals surface area contributed by atoms with Gasteiger partial charge in [-0.2, -0.15) is 0 Å². The second kappa shape index (κ2) is 16.6. The van der Waals surface area contributed by atoms with Crippen LogP contribution in [0.5, 0.6) is 17.2 Å². The second-order valence-electron chi connectivity index (χ2n) is 15.7. The normalized spacial score (nSPS) is 31.3. The fourth-order valence-corrected chi connectivity index (χ4v) is 8.06. The number of hydrogen-bond donors (Lipinski definition) is 5. The topological polar surface area (TPSA) is 216 Å². The summed E-state index contributed by atoms with van der Waals surface area (Å²) in [5.74, 6) is -5.67. The van der Waals surface area contributed by atoms with Crippen LogP contribution in [0.2, 0.25) is 0 Å². The van der Waals surface area contributed by atoms with E-state index in [9.17, 15) is 34.8 Å². The number of benzene rings is 3. The van der Waals surface area contributed by atoms with E-state index >= 15 is 0 Å². The zero-order valence-electron chi connectivity index (χ0n) is 34.7. The lowest BCUT2D eigenvalue weighted by molar-refractivity contribution is -0.181. The number of phenolic OH excluding ortho intramolecular Hbond substituents is 1. The zero-order valence-corrected chi connectivity index (χ0v) is 34.7. The minimum Gasteiger partial charge on any atom is -0.505 e. The van der Waals surface area contributed by atoms with E-state index in [1.54, 1.807) is 64.1 Å². The number of aromatic hydroxyl groups is 1. The largest absolute Gasteiger partial charge is 0.505 e. The average Bonchev–Trinajstić information content (AvgIpc) is 3.47. The van der Waals surface area contributed by atoms with Gasteiger partial charge in [0.1, 0.15) is 34.3 Å². The summed E-state index contributed by atoms with van der Waals surface area (Å²) in [6.45, 7) is 12.7. The number of nitrogens with zero attached hydrogens (tertiary/aromatic N) is 1. The Balaban J connectivity index is 1.59. The molecule has 59 heavy (non-hydrogen) atoms. The van der Waals surface area contributed by atoms with Crippen LogP contribution in [0.15, 0.2) is 63.6 Å². The van der Waals surface area contributed by atoms with Crippen LogP contribution in [0, 0.1) is 30.6 Å². The lowest BCUT2D eigenvalue weighted by Gasteiger charge is -2.38. The first kappa shape index (κ1) is 43.1. The highest BCUT2D eigenvalue weighted by atomic mass is 16.7. The molecule has 5 N–H and O–H groups in total. The number of carbonyl (C=O) groups excluding carboxylic acids is 2. The Morgan fingerprint density at radius 3 is 2.34 bits per heavy atom. The van der Waals surface area contributed by atoms with E-state index in [1.807, 2.05) is 0 Å². The lowest BCUT2D eigenvalue weighted by atomic mass is 9.78. The third-order valence-electron chi connectivity index (χ3n) is 11.7. The minimum atomic E-state index is -1.84. The van der Waals surface area contributed by atoms with Gasteiger partial charge >= 0.3 is 5.97 Å². The number of rotatable bonds is 3. The number of aliphatic hydroxyl groups is 3. The Bertz CT molecular complexity index is 2460. The van der Waals surface area contributed by atoms with Crippen molar-refractivity contribution in [3.8, 4) is 17.2 Å². The number of ether oxygens (including phenoxy) is 5. The number of fused-ring (bicyclic) bond motifs is 5. The van der Waals surface area contributed by atoms with Gasteiger partial charge in [0.2, 0.25) is 0 Å². The molecule has 316 valence electrons. The molecule has 0 radical (unpaired) electrons. The summed E-state index contributed by atoms with van der Waals surface area (Å²) in [5, 5.41) is 49.5. The molecular weight excluding hydrogens is 764 g/mol. The number of phenols is 1. The number of carbonyl (C=O) groups is 2. The summed E-state index contributed by atoms with van der Waals surface area (Å²) >= 11 is 0. The number of anilines is 1. The number of nitrogens with one attached hydrogen (secondary N) is 1. The van der Waals surface area contributed by atoms with Gasteiger partial charge in [-0.1, -0.05) is 45.9 Å². The summed E-state index contributed by atoms with van der Waals surface area (Å²) in [6.07, 6.45) is 2.20. The summed E-state index contributed by atoms with van der Waals surface area (Å²) in [7, 11) is 2.94. The van der Waals surface area contributed by atoms with Crippen molar-refractivity contribution in [3.05, 3.63) is 75.7 Å². The average molecular weight is 817 g/mol. The van der Waals surface area contributed by atoms with Gasteiger partial charge in [-0.15, -0.1) is 0 Å². The molecule has 4 aromatic rings. The number of aromatic nitrogens is 1. The molecule has 2 aliphatic rings. The van der Waals surface area contributed by atoms with Crippen LogP contribution in [0.4, 0.5) is 5.69 Å². The van der Waals surface area contributed by atoms with E-state index < -0.39 is 83.0 Å². The highest BCUT2D eigenvalue weighted by molar-refractivity contribution is 6.19. The fourth-order valence-electron chi connectivity index (χ4n) is 8.06. The maximum Gasteiger partial charge on any atom is 0.302 e.